The number of carbonyl (C=O) groups is 3. The lowest BCUT2D eigenvalue weighted by molar-refractivity contribution is -0.129. The lowest BCUT2D eigenvalue weighted by atomic mass is 10.1. The van der Waals surface area contributed by atoms with Gasteiger partial charge in [-0.05, 0) is 33.6 Å². The van der Waals surface area contributed by atoms with Crippen LogP contribution in [-0.2, 0) is 27.3 Å². The van der Waals surface area contributed by atoms with Crippen LogP contribution in [0.5, 0.6) is 0 Å². The number of thiazole rings is 1. The number of fused-ring (bicyclic) bond motifs is 1. The zero-order chi connectivity index (χ0) is 21.5. The smallest absolute Gasteiger partial charge is 0.410 e. The first-order valence-corrected chi connectivity index (χ1v) is 11.6. The fourth-order valence-corrected chi connectivity index (χ4v) is 5.44. The van der Waals surface area contributed by atoms with E-state index in [1.807, 2.05) is 25.7 Å². The average molecular weight is 435 g/mol. The summed E-state index contributed by atoms with van der Waals surface area (Å²) in [4.78, 5) is 46.6. The van der Waals surface area contributed by atoms with E-state index in [1.54, 1.807) is 4.90 Å². The van der Waals surface area contributed by atoms with Gasteiger partial charge in [0.05, 0.1) is 18.2 Å². The highest BCUT2D eigenvalue weighted by molar-refractivity contribution is 7.15. The average Bonchev–Trinajstić information content (AvgIpc) is 3.38. The number of nitrogens with one attached hydrogen (secondary N) is 1. The minimum absolute atomic E-state index is 0.0912. The van der Waals surface area contributed by atoms with Crippen molar-refractivity contribution in [2.24, 2.45) is 5.92 Å². The summed E-state index contributed by atoms with van der Waals surface area (Å²) in [6.45, 7) is 7.04. The van der Waals surface area contributed by atoms with E-state index in [4.69, 9.17) is 4.74 Å². The Kier molecular flexibility index (Phi) is 5.74. The Labute approximate surface area is 181 Å². The predicted octanol–water partition coefficient (Wildman–Crippen LogP) is 3.17. The third kappa shape index (κ3) is 4.61. The number of anilines is 1. The van der Waals surface area contributed by atoms with Gasteiger partial charge in [0.25, 0.3) is 0 Å². The molecular formula is C21H30N4O4S. The number of amides is 3. The molecule has 0 bridgehead atoms. The van der Waals surface area contributed by atoms with Gasteiger partial charge in [0.2, 0.25) is 11.8 Å². The summed E-state index contributed by atoms with van der Waals surface area (Å²) in [5, 5.41) is 3.45. The quantitative estimate of drug-likeness (QED) is 0.789. The van der Waals surface area contributed by atoms with Crippen LogP contribution >= 0.6 is 11.3 Å². The minimum Gasteiger partial charge on any atom is -0.444 e. The maximum atomic E-state index is 12.8. The summed E-state index contributed by atoms with van der Waals surface area (Å²) in [5.74, 6) is -0.371. The maximum Gasteiger partial charge on any atom is 0.410 e. The van der Waals surface area contributed by atoms with Gasteiger partial charge in [0, 0.05) is 36.9 Å². The van der Waals surface area contributed by atoms with Crippen molar-refractivity contribution in [2.45, 2.75) is 77.5 Å². The molecular weight excluding hydrogens is 404 g/mol. The zero-order valence-corrected chi connectivity index (χ0v) is 18.7. The molecule has 1 aliphatic carbocycles. The number of aromatic nitrogens is 1. The molecule has 0 aromatic carbocycles. The van der Waals surface area contributed by atoms with Gasteiger partial charge in [-0.15, -0.1) is 0 Å². The fourth-order valence-electron chi connectivity index (χ4n) is 4.41. The van der Waals surface area contributed by atoms with Crippen LogP contribution in [0.1, 0.15) is 63.4 Å². The largest absolute Gasteiger partial charge is 0.444 e. The van der Waals surface area contributed by atoms with Gasteiger partial charge in [0.1, 0.15) is 5.60 Å². The molecule has 8 nitrogen and oxygen atoms in total. The van der Waals surface area contributed by atoms with Crippen LogP contribution in [0.25, 0.3) is 0 Å². The van der Waals surface area contributed by atoms with Crippen LogP contribution in [0.15, 0.2) is 0 Å². The second-order valence-corrected chi connectivity index (χ2v) is 10.5. The SMILES string of the molecule is CC(C)(C)OC(=O)N1CCc2nc(NC(=O)C3CC(=O)N(C4CCCC4)C3)sc2C1. The number of likely N-dealkylation sites (tertiary alicyclic amines) is 1. The molecule has 30 heavy (non-hydrogen) atoms. The summed E-state index contributed by atoms with van der Waals surface area (Å²) in [6.07, 6.45) is 5.01. The number of nitrogens with zero attached hydrogens (tertiary/aromatic N) is 3. The molecule has 1 N–H and O–H groups in total. The molecule has 3 heterocycles. The number of carbonyl (C=O) groups excluding carboxylic acids is 3. The van der Waals surface area contributed by atoms with E-state index < -0.39 is 5.60 Å². The summed E-state index contributed by atoms with van der Waals surface area (Å²) in [6, 6.07) is 0.307. The van der Waals surface area contributed by atoms with Gasteiger partial charge in [0.15, 0.2) is 5.13 Å². The lowest BCUT2D eigenvalue weighted by Crippen LogP contribution is -2.39. The molecule has 9 heteroatoms. The first-order chi connectivity index (χ1) is 14.2. The Morgan fingerprint density at radius 3 is 2.67 bits per heavy atom. The molecule has 1 saturated carbocycles. The van der Waals surface area contributed by atoms with Crippen molar-refractivity contribution in [3.05, 3.63) is 10.6 Å². The van der Waals surface area contributed by atoms with Gasteiger partial charge in [-0.3, -0.25) is 9.59 Å². The third-order valence-electron chi connectivity index (χ3n) is 5.91. The maximum absolute atomic E-state index is 12.8. The molecule has 4 rings (SSSR count). The third-order valence-corrected chi connectivity index (χ3v) is 6.91. The molecule has 2 aliphatic heterocycles. The Morgan fingerprint density at radius 1 is 1.23 bits per heavy atom. The van der Waals surface area contributed by atoms with Crippen LogP contribution in [0.4, 0.5) is 9.93 Å². The van der Waals surface area contributed by atoms with E-state index in [0.717, 1.165) is 36.3 Å². The molecule has 1 atom stereocenters. The molecule has 2 fully saturated rings. The van der Waals surface area contributed by atoms with Crippen LogP contribution in [-0.4, -0.2) is 57.4 Å². The first kappa shape index (κ1) is 21.1. The molecule has 1 aromatic heterocycles. The lowest BCUT2D eigenvalue weighted by Gasteiger charge is -2.29. The Bertz CT molecular complexity index is 841. The summed E-state index contributed by atoms with van der Waals surface area (Å²) in [5.41, 5.74) is 0.389. The highest BCUT2D eigenvalue weighted by Gasteiger charge is 2.39. The van der Waals surface area contributed by atoms with E-state index in [9.17, 15) is 14.4 Å². The van der Waals surface area contributed by atoms with Crippen LogP contribution in [0.3, 0.4) is 0 Å². The zero-order valence-electron chi connectivity index (χ0n) is 17.9. The van der Waals surface area contributed by atoms with Crippen molar-refractivity contribution in [3.8, 4) is 0 Å². The van der Waals surface area contributed by atoms with Crippen LogP contribution in [0, 0.1) is 5.92 Å². The first-order valence-electron chi connectivity index (χ1n) is 10.8. The molecule has 3 amide bonds. The standard InChI is InChI=1S/C21H30N4O4S/c1-21(2,3)29-20(28)24-9-8-15-16(12-24)30-19(22-15)23-18(27)13-10-17(26)25(11-13)14-6-4-5-7-14/h13-14H,4-12H2,1-3H3,(H,22,23,27). The topological polar surface area (TPSA) is 91.8 Å². The molecule has 1 unspecified atom stereocenters. The molecule has 1 aromatic rings. The molecule has 3 aliphatic rings. The normalized spacial score (nSPS) is 22.4. The second-order valence-electron chi connectivity index (χ2n) is 9.42. The van der Waals surface area contributed by atoms with Gasteiger partial charge >= 0.3 is 6.09 Å². The van der Waals surface area contributed by atoms with Crippen molar-refractivity contribution in [1.82, 2.24) is 14.8 Å². The Morgan fingerprint density at radius 2 is 1.97 bits per heavy atom. The molecule has 0 spiro atoms. The van der Waals surface area contributed by atoms with Crippen molar-refractivity contribution in [3.63, 3.8) is 0 Å². The van der Waals surface area contributed by atoms with Gasteiger partial charge in [-0.2, -0.15) is 0 Å². The van der Waals surface area contributed by atoms with Crippen LogP contribution < -0.4 is 5.32 Å². The Balaban J connectivity index is 1.35. The van der Waals surface area contributed by atoms with E-state index >= 15 is 0 Å². The van der Waals surface area contributed by atoms with E-state index in [1.165, 1.54) is 11.3 Å². The summed E-state index contributed by atoms with van der Waals surface area (Å²) in [7, 11) is 0. The van der Waals surface area contributed by atoms with E-state index in [2.05, 4.69) is 10.3 Å². The van der Waals surface area contributed by atoms with Crippen molar-refractivity contribution in [1.29, 1.82) is 0 Å². The second kappa shape index (κ2) is 8.17. The van der Waals surface area contributed by atoms with Crippen LogP contribution in [0.2, 0.25) is 0 Å². The van der Waals surface area contributed by atoms with Crippen molar-refractivity contribution in [2.75, 3.05) is 18.4 Å². The van der Waals surface area contributed by atoms with Gasteiger partial charge in [-0.1, -0.05) is 24.2 Å². The molecule has 164 valence electrons. The van der Waals surface area contributed by atoms with Gasteiger partial charge < -0.3 is 19.9 Å². The summed E-state index contributed by atoms with van der Waals surface area (Å²) < 4.78 is 5.46. The Hall–Kier alpha value is -2.16. The van der Waals surface area contributed by atoms with Gasteiger partial charge in [-0.25, -0.2) is 9.78 Å². The molecule has 1 saturated heterocycles. The fraction of sp³-hybridized carbons (Fsp3) is 0.714. The monoisotopic (exact) mass is 434 g/mol. The summed E-state index contributed by atoms with van der Waals surface area (Å²) >= 11 is 1.40. The molecule has 0 radical (unpaired) electrons. The number of rotatable bonds is 3. The number of hydrogen-bond donors (Lipinski definition) is 1. The highest BCUT2D eigenvalue weighted by Crippen LogP contribution is 2.32. The van der Waals surface area contributed by atoms with E-state index in [-0.39, 0.29) is 30.2 Å². The van der Waals surface area contributed by atoms with Crippen molar-refractivity contribution < 1.29 is 19.1 Å². The van der Waals surface area contributed by atoms with Crippen molar-refractivity contribution >= 4 is 34.4 Å². The predicted molar refractivity (Wildman–Crippen MR) is 113 cm³/mol. The number of hydrogen-bond acceptors (Lipinski definition) is 6. The van der Waals surface area contributed by atoms with E-state index in [0.29, 0.717) is 37.2 Å². The minimum atomic E-state index is -0.532. The number of ether oxygens (including phenoxy) is 1. The highest BCUT2D eigenvalue weighted by atomic mass is 32.1.